The highest BCUT2D eigenvalue weighted by Crippen LogP contribution is 2.05. The van der Waals surface area contributed by atoms with Gasteiger partial charge in [0, 0.05) is 18.4 Å². The summed E-state index contributed by atoms with van der Waals surface area (Å²) in [6.07, 6.45) is 3.46. The van der Waals surface area contributed by atoms with Crippen LogP contribution in [0, 0.1) is 5.92 Å². The summed E-state index contributed by atoms with van der Waals surface area (Å²) in [7, 11) is 0. The summed E-state index contributed by atoms with van der Waals surface area (Å²) in [5, 5.41) is 6.25. The third kappa shape index (κ3) is 3.09. The predicted molar refractivity (Wildman–Crippen MR) is 58.5 cm³/mol. The molecular weight excluding hydrogens is 190 g/mol. The molecule has 1 aromatic heterocycles. The van der Waals surface area contributed by atoms with Crippen molar-refractivity contribution in [3.8, 4) is 0 Å². The number of amides is 1. The second kappa shape index (κ2) is 4.98. The molecule has 4 nitrogen and oxygen atoms in total. The Kier molecular flexibility index (Phi) is 3.40. The van der Waals surface area contributed by atoms with E-state index >= 15 is 0 Å². The number of aromatic nitrogens is 1. The normalized spacial score (nSPS) is 20.4. The number of H-pyrrole nitrogens is 1. The Labute approximate surface area is 89.5 Å². The first-order chi connectivity index (χ1) is 7.34. The Morgan fingerprint density at radius 1 is 1.60 bits per heavy atom. The molecule has 0 aromatic carbocycles. The average Bonchev–Trinajstić information content (AvgIpc) is 2.86. The molecule has 1 aliphatic rings. The molecule has 3 N–H and O–H groups in total. The highest BCUT2D eigenvalue weighted by atomic mass is 16.1. The summed E-state index contributed by atoms with van der Waals surface area (Å²) in [5.41, 5.74) is 0.969. The SMILES string of the molecule is O=C(Cc1ccc[nH]1)NCC1CCNC1. The van der Waals surface area contributed by atoms with Crippen LogP contribution >= 0.6 is 0 Å². The van der Waals surface area contributed by atoms with Gasteiger partial charge < -0.3 is 15.6 Å². The lowest BCUT2D eigenvalue weighted by Crippen LogP contribution is -2.31. The Balaban J connectivity index is 1.68. The minimum atomic E-state index is 0.101. The zero-order chi connectivity index (χ0) is 10.5. The van der Waals surface area contributed by atoms with E-state index in [1.807, 2.05) is 18.3 Å². The molecule has 0 bridgehead atoms. The molecule has 1 fully saturated rings. The summed E-state index contributed by atoms with van der Waals surface area (Å²) in [6.45, 7) is 2.91. The zero-order valence-corrected chi connectivity index (χ0v) is 8.75. The molecule has 1 atom stereocenters. The molecule has 0 saturated carbocycles. The van der Waals surface area contributed by atoms with Gasteiger partial charge in [0.05, 0.1) is 6.42 Å². The molecule has 1 aromatic rings. The van der Waals surface area contributed by atoms with Gasteiger partial charge in [-0.25, -0.2) is 0 Å². The van der Waals surface area contributed by atoms with Crippen LogP contribution in [0.1, 0.15) is 12.1 Å². The van der Waals surface area contributed by atoms with E-state index < -0.39 is 0 Å². The van der Waals surface area contributed by atoms with Gasteiger partial charge in [-0.2, -0.15) is 0 Å². The van der Waals surface area contributed by atoms with E-state index in [-0.39, 0.29) is 5.91 Å². The maximum Gasteiger partial charge on any atom is 0.225 e. The maximum absolute atomic E-state index is 11.5. The van der Waals surface area contributed by atoms with Crippen LogP contribution in [0.2, 0.25) is 0 Å². The first-order valence-electron chi connectivity index (χ1n) is 5.44. The van der Waals surface area contributed by atoms with Gasteiger partial charge in [-0.3, -0.25) is 4.79 Å². The standard InChI is InChI=1S/C11H17N3O/c15-11(6-10-2-1-4-13-10)14-8-9-3-5-12-7-9/h1-2,4,9,12-13H,3,5-8H2,(H,14,15). The lowest BCUT2D eigenvalue weighted by Gasteiger charge is -2.09. The van der Waals surface area contributed by atoms with Crippen LogP contribution in [-0.4, -0.2) is 30.5 Å². The smallest absolute Gasteiger partial charge is 0.225 e. The summed E-state index contributed by atoms with van der Waals surface area (Å²) in [5.74, 6) is 0.710. The number of carbonyl (C=O) groups excluding carboxylic acids is 1. The van der Waals surface area contributed by atoms with E-state index in [4.69, 9.17) is 0 Å². The average molecular weight is 207 g/mol. The van der Waals surface area contributed by atoms with Gasteiger partial charge >= 0.3 is 0 Å². The summed E-state index contributed by atoms with van der Waals surface area (Å²) < 4.78 is 0. The molecule has 1 amide bonds. The van der Waals surface area contributed by atoms with E-state index in [0.29, 0.717) is 12.3 Å². The van der Waals surface area contributed by atoms with Crippen LogP contribution in [0.5, 0.6) is 0 Å². The summed E-state index contributed by atoms with van der Waals surface area (Å²) in [6, 6.07) is 3.83. The Hall–Kier alpha value is -1.29. The van der Waals surface area contributed by atoms with Crippen LogP contribution < -0.4 is 10.6 Å². The number of hydrogen-bond acceptors (Lipinski definition) is 2. The van der Waals surface area contributed by atoms with E-state index in [1.54, 1.807) is 0 Å². The molecule has 1 saturated heterocycles. The minimum absolute atomic E-state index is 0.101. The van der Waals surface area contributed by atoms with Crippen molar-refractivity contribution >= 4 is 5.91 Å². The van der Waals surface area contributed by atoms with Crippen LogP contribution in [0.25, 0.3) is 0 Å². The molecule has 0 spiro atoms. The van der Waals surface area contributed by atoms with Crippen LogP contribution in [0.15, 0.2) is 18.3 Å². The van der Waals surface area contributed by atoms with E-state index in [9.17, 15) is 4.79 Å². The van der Waals surface area contributed by atoms with E-state index in [0.717, 1.165) is 25.3 Å². The van der Waals surface area contributed by atoms with Gasteiger partial charge in [-0.05, 0) is 37.6 Å². The molecule has 15 heavy (non-hydrogen) atoms. The number of carbonyl (C=O) groups is 1. The highest BCUT2D eigenvalue weighted by Gasteiger charge is 2.15. The van der Waals surface area contributed by atoms with Crippen molar-refractivity contribution in [3.63, 3.8) is 0 Å². The number of rotatable bonds is 4. The zero-order valence-electron chi connectivity index (χ0n) is 8.75. The van der Waals surface area contributed by atoms with E-state index in [1.165, 1.54) is 6.42 Å². The fourth-order valence-corrected chi connectivity index (χ4v) is 1.86. The van der Waals surface area contributed by atoms with Crippen molar-refractivity contribution in [2.24, 2.45) is 5.92 Å². The molecular formula is C11H17N3O. The molecule has 4 heteroatoms. The van der Waals surface area contributed by atoms with E-state index in [2.05, 4.69) is 15.6 Å². The van der Waals surface area contributed by atoms with Crippen LogP contribution in [0.3, 0.4) is 0 Å². The third-order valence-corrected chi connectivity index (χ3v) is 2.76. The van der Waals surface area contributed by atoms with Crippen LogP contribution in [0.4, 0.5) is 0 Å². The fourth-order valence-electron chi connectivity index (χ4n) is 1.86. The highest BCUT2D eigenvalue weighted by molar-refractivity contribution is 5.78. The quantitative estimate of drug-likeness (QED) is 0.664. The van der Waals surface area contributed by atoms with Gasteiger partial charge in [-0.1, -0.05) is 0 Å². The van der Waals surface area contributed by atoms with Gasteiger partial charge in [0.2, 0.25) is 5.91 Å². The maximum atomic E-state index is 11.5. The molecule has 0 aliphatic carbocycles. The molecule has 2 heterocycles. The van der Waals surface area contributed by atoms with Crippen LogP contribution in [-0.2, 0) is 11.2 Å². The van der Waals surface area contributed by atoms with Crippen molar-refractivity contribution < 1.29 is 4.79 Å². The van der Waals surface area contributed by atoms with Crippen molar-refractivity contribution in [2.45, 2.75) is 12.8 Å². The summed E-state index contributed by atoms with van der Waals surface area (Å²) in [4.78, 5) is 14.5. The second-order valence-corrected chi connectivity index (χ2v) is 4.04. The van der Waals surface area contributed by atoms with Gasteiger partial charge in [-0.15, -0.1) is 0 Å². The molecule has 82 valence electrons. The Morgan fingerprint density at radius 3 is 3.20 bits per heavy atom. The van der Waals surface area contributed by atoms with Crippen molar-refractivity contribution in [1.29, 1.82) is 0 Å². The number of hydrogen-bond donors (Lipinski definition) is 3. The monoisotopic (exact) mass is 207 g/mol. The molecule has 1 aliphatic heterocycles. The first-order valence-corrected chi connectivity index (χ1v) is 5.44. The number of aromatic amines is 1. The molecule has 0 radical (unpaired) electrons. The predicted octanol–water partition coefficient (Wildman–Crippen LogP) is 0.283. The number of nitrogens with one attached hydrogen (secondary N) is 3. The van der Waals surface area contributed by atoms with Gasteiger partial charge in [0.25, 0.3) is 0 Å². The van der Waals surface area contributed by atoms with Crippen molar-refractivity contribution in [1.82, 2.24) is 15.6 Å². The lowest BCUT2D eigenvalue weighted by molar-refractivity contribution is -0.120. The van der Waals surface area contributed by atoms with Crippen molar-refractivity contribution in [2.75, 3.05) is 19.6 Å². The molecule has 2 rings (SSSR count). The van der Waals surface area contributed by atoms with Gasteiger partial charge in [0.1, 0.15) is 0 Å². The first kappa shape index (κ1) is 10.2. The Morgan fingerprint density at radius 2 is 2.53 bits per heavy atom. The Bertz CT molecular complexity index is 302. The summed E-state index contributed by atoms with van der Waals surface area (Å²) >= 11 is 0. The topological polar surface area (TPSA) is 56.9 Å². The van der Waals surface area contributed by atoms with Crippen molar-refractivity contribution in [3.05, 3.63) is 24.0 Å². The lowest BCUT2D eigenvalue weighted by atomic mass is 10.1. The molecule has 1 unspecified atom stereocenters. The second-order valence-electron chi connectivity index (χ2n) is 4.04. The fraction of sp³-hybridized carbons (Fsp3) is 0.545. The minimum Gasteiger partial charge on any atom is -0.365 e. The van der Waals surface area contributed by atoms with Gasteiger partial charge in [0.15, 0.2) is 0 Å². The third-order valence-electron chi connectivity index (χ3n) is 2.76. The largest absolute Gasteiger partial charge is 0.365 e.